The van der Waals surface area contributed by atoms with E-state index in [0.717, 1.165) is 22.2 Å². The van der Waals surface area contributed by atoms with Crippen molar-refractivity contribution < 1.29 is 0 Å². The van der Waals surface area contributed by atoms with Crippen LogP contribution in [0.2, 0.25) is 0 Å². The van der Waals surface area contributed by atoms with Crippen molar-refractivity contribution in [2.24, 2.45) is 0 Å². The molecular weight excluding hydrogens is 330 g/mol. The lowest BCUT2D eigenvalue weighted by molar-refractivity contribution is 0.926. The number of para-hydroxylation sites is 2. The molecule has 0 aliphatic heterocycles. The average Bonchev–Trinajstić information content (AvgIpc) is 2.73. The zero-order chi connectivity index (χ0) is 18.6. The number of aromatic nitrogens is 1. The Morgan fingerprint density at radius 1 is 0.852 bits per heavy atom. The second kappa shape index (κ2) is 7.31. The van der Waals surface area contributed by atoms with Gasteiger partial charge >= 0.3 is 0 Å². The van der Waals surface area contributed by atoms with E-state index in [-0.39, 0.29) is 5.92 Å². The molecule has 4 rings (SSSR count). The van der Waals surface area contributed by atoms with Crippen LogP contribution in [0.3, 0.4) is 0 Å². The van der Waals surface area contributed by atoms with E-state index in [2.05, 4.69) is 30.4 Å². The summed E-state index contributed by atoms with van der Waals surface area (Å²) in [6.45, 7) is 2.14. The van der Waals surface area contributed by atoms with Crippen LogP contribution in [0.25, 0.3) is 10.9 Å². The number of pyridine rings is 1. The van der Waals surface area contributed by atoms with Crippen molar-refractivity contribution in [1.82, 2.24) is 4.98 Å². The molecule has 4 aromatic rings. The number of anilines is 2. The Kier molecular flexibility index (Phi) is 4.55. The molecule has 0 amide bonds. The minimum Gasteiger partial charge on any atom is -0.339 e. The van der Waals surface area contributed by atoms with Crippen LogP contribution in [-0.4, -0.2) is 4.98 Å². The number of hydrogen-bond acceptors (Lipinski definition) is 3. The standard InChI is InChI=1S/C24H19N3/c1-17(18-10-4-2-5-11-18)23-20-14-8-9-15-22(20)27-24(21(23)16-25)26-19-12-6-3-7-13-19/h2-15,17H,1H3,(H,26,27). The highest BCUT2D eigenvalue weighted by Crippen LogP contribution is 2.36. The van der Waals surface area contributed by atoms with Gasteiger partial charge in [-0.2, -0.15) is 5.26 Å². The average molecular weight is 349 g/mol. The number of rotatable bonds is 4. The van der Waals surface area contributed by atoms with E-state index < -0.39 is 0 Å². The lowest BCUT2D eigenvalue weighted by Crippen LogP contribution is -2.06. The summed E-state index contributed by atoms with van der Waals surface area (Å²) in [5.41, 5.74) is 4.57. The van der Waals surface area contributed by atoms with Gasteiger partial charge in [-0.3, -0.25) is 0 Å². The first-order valence-electron chi connectivity index (χ1n) is 8.97. The van der Waals surface area contributed by atoms with E-state index in [0.29, 0.717) is 11.4 Å². The lowest BCUT2D eigenvalue weighted by atomic mass is 9.87. The summed E-state index contributed by atoms with van der Waals surface area (Å²) < 4.78 is 0. The maximum absolute atomic E-state index is 10.0. The Hall–Kier alpha value is -3.64. The monoisotopic (exact) mass is 349 g/mol. The fourth-order valence-electron chi connectivity index (χ4n) is 3.46. The third kappa shape index (κ3) is 3.26. The Labute approximate surface area is 158 Å². The SMILES string of the molecule is CC(c1ccccc1)c1c(C#N)c(Nc2ccccc2)nc2ccccc12. The molecule has 3 heteroatoms. The van der Waals surface area contributed by atoms with Crippen LogP contribution < -0.4 is 5.32 Å². The number of benzene rings is 3. The van der Waals surface area contributed by atoms with E-state index >= 15 is 0 Å². The maximum atomic E-state index is 10.0. The van der Waals surface area contributed by atoms with Crippen molar-refractivity contribution in [3.05, 3.63) is 102 Å². The first-order valence-corrected chi connectivity index (χ1v) is 8.97. The number of nitriles is 1. The largest absolute Gasteiger partial charge is 0.339 e. The van der Waals surface area contributed by atoms with E-state index in [1.54, 1.807) is 0 Å². The Morgan fingerprint density at radius 3 is 2.19 bits per heavy atom. The third-order valence-electron chi connectivity index (χ3n) is 4.81. The normalized spacial score (nSPS) is 11.7. The van der Waals surface area contributed by atoms with Gasteiger partial charge in [0, 0.05) is 17.0 Å². The van der Waals surface area contributed by atoms with Crippen molar-refractivity contribution in [1.29, 1.82) is 5.26 Å². The molecule has 3 aromatic carbocycles. The molecule has 1 unspecified atom stereocenters. The molecule has 0 saturated carbocycles. The first-order chi connectivity index (χ1) is 13.3. The molecule has 27 heavy (non-hydrogen) atoms. The smallest absolute Gasteiger partial charge is 0.149 e. The van der Waals surface area contributed by atoms with Gasteiger partial charge in [-0.1, -0.05) is 73.7 Å². The van der Waals surface area contributed by atoms with Crippen molar-refractivity contribution in [3.63, 3.8) is 0 Å². The molecule has 0 aliphatic rings. The summed E-state index contributed by atoms with van der Waals surface area (Å²) in [5, 5.41) is 14.3. The molecule has 0 bridgehead atoms. The second-order valence-corrected chi connectivity index (χ2v) is 6.50. The fraction of sp³-hybridized carbons (Fsp3) is 0.0833. The van der Waals surface area contributed by atoms with E-state index in [1.165, 1.54) is 5.56 Å². The van der Waals surface area contributed by atoms with Crippen LogP contribution in [0, 0.1) is 11.3 Å². The quantitative estimate of drug-likeness (QED) is 0.491. The van der Waals surface area contributed by atoms with Crippen LogP contribution in [0.5, 0.6) is 0 Å². The van der Waals surface area contributed by atoms with Crippen molar-refractivity contribution in [2.75, 3.05) is 5.32 Å². The molecule has 3 nitrogen and oxygen atoms in total. The minimum absolute atomic E-state index is 0.0741. The predicted molar refractivity (Wildman–Crippen MR) is 110 cm³/mol. The van der Waals surface area contributed by atoms with Gasteiger partial charge in [0.05, 0.1) is 11.1 Å². The van der Waals surface area contributed by atoms with E-state index in [9.17, 15) is 5.26 Å². The molecule has 1 atom stereocenters. The number of hydrogen-bond donors (Lipinski definition) is 1. The fourth-order valence-corrected chi connectivity index (χ4v) is 3.46. The summed E-state index contributed by atoms with van der Waals surface area (Å²) >= 11 is 0. The molecule has 0 radical (unpaired) electrons. The molecule has 0 spiro atoms. The summed E-state index contributed by atoms with van der Waals surface area (Å²) in [5.74, 6) is 0.672. The van der Waals surface area contributed by atoms with Gasteiger partial charge in [0.2, 0.25) is 0 Å². The van der Waals surface area contributed by atoms with Gasteiger partial charge in [-0.25, -0.2) is 4.98 Å². The van der Waals surface area contributed by atoms with Crippen LogP contribution in [0.1, 0.15) is 29.5 Å². The predicted octanol–water partition coefficient (Wildman–Crippen LogP) is 6.00. The van der Waals surface area contributed by atoms with Gasteiger partial charge in [0.15, 0.2) is 0 Å². The first kappa shape index (κ1) is 16.8. The molecule has 1 N–H and O–H groups in total. The van der Waals surface area contributed by atoms with Crippen LogP contribution in [0.4, 0.5) is 11.5 Å². The van der Waals surface area contributed by atoms with E-state index in [1.807, 2.05) is 72.8 Å². The number of nitrogens with one attached hydrogen (secondary N) is 1. The summed E-state index contributed by atoms with van der Waals surface area (Å²) in [4.78, 5) is 4.74. The van der Waals surface area contributed by atoms with Gasteiger partial charge in [0.25, 0.3) is 0 Å². The maximum Gasteiger partial charge on any atom is 0.149 e. The highest BCUT2D eigenvalue weighted by molar-refractivity contribution is 5.89. The molecule has 1 heterocycles. The topological polar surface area (TPSA) is 48.7 Å². The van der Waals surface area contributed by atoms with Crippen LogP contribution in [0.15, 0.2) is 84.9 Å². The van der Waals surface area contributed by atoms with Crippen molar-refractivity contribution >= 4 is 22.4 Å². The molecule has 0 fully saturated rings. The van der Waals surface area contributed by atoms with Gasteiger partial charge < -0.3 is 5.32 Å². The number of nitrogens with zero attached hydrogens (tertiary/aromatic N) is 2. The molecule has 0 saturated heterocycles. The lowest BCUT2D eigenvalue weighted by Gasteiger charge is -2.19. The Bertz CT molecular complexity index is 1110. The van der Waals surface area contributed by atoms with E-state index in [4.69, 9.17) is 4.98 Å². The summed E-state index contributed by atoms with van der Waals surface area (Å²) in [7, 11) is 0. The van der Waals surface area contributed by atoms with Gasteiger partial charge in [-0.05, 0) is 29.3 Å². The number of fused-ring (bicyclic) bond motifs is 1. The summed E-state index contributed by atoms with van der Waals surface area (Å²) in [6.07, 6.45) is 0. The Balaban J connectivity index is 1.94. The minimum atomic E-state index is 0.0741. The third-order valence-corrected chi connectivity index (χ3v) is 4.81. The molecule has 0 aliphatic carbocycles. The van der Waals surface area contributed by atoms with Crippen molar-refractivity contribution in [3.8, 4) is 6.07 Å². The van der Waals surface area contributed by atoms with Gasteiger partial charge in [-0.15, -0.1) is 0 Å². The molecule has 130 valence electrons. The summed E-state index contributed by atoms with van der Waals surface area (Å²) in [6, 6.07) is 30.5. The Morgan fingerprint density at radius 2 is 1.48 bits per heavy atom. The molecule has 1 aromatic heterocycles. The zero-order valence-corrected chi connectivity index (χ0v) is 15.1. The highest BCUT2D eigenvalue weighted by Gasteiger charge is 2.21. The van der Waals surface area contributed by atoms with Gasteiger partial charge in [0.1, 0.15) is 11.9 Å². The van der Waals surface area contributed by atoms with Crippen LogP contribution >= 0.6 is 0 Å². The highest BCUT2D eigenvalue weighted by atomic mass is 15.0. The van der Waals surface area contributed by atoms with Crippen molar-refractivity contribution in [2.45, 2.75) is 12.8 Å². The second-order valence-electron chi connectivity index (χ2n) is 6.50. The molecular formula is C24H19N3. The zero-order valence-electron chi connectivity index (χ0n) is 15.1. The van der Waals surface area contributed by atoms with Crippen LogP contribution in [-0.2, 0) is 0 Å².